The summed E-state index contributed by atoms with van der Waals surface area (Å²) in [6, 6.07) is 12.0. The maximum Gasteiger partial charge on any atom is 0.257 e. The summed E-state index contributed by atoms with van der Waals surface area (Å²) in [5.41, 5.74) is 6.88. The predicted molar refractivity (Wildman–Crippen MR) is 79.8 cm³/mol. The second kappa shape index (κ2) is 5.84. The molecule has 1 amide bonds. The van der Waals surface area contributed by atoms with E-state index in [0.717, 1.165) is 5.56 Å². The number of hydrogen-bond acceptors (Lipinski definition) is 3. The van der Waals surface area contributed by atoms with Gasteiger partial charge in [0.1, 0.15) is 0 Å². The highest BCUT2D eigenvalue weighted by atomic mass is 35.5. The first-order valence-corrected chi connectivity index (χ1v) is 6.44. The van der Waals surface area contributed by atoms with E-state index < -0.39 is 0 Å². The van der Waals surface area contributed by atoms with Gasteiger partial charge < -0.3 is 15.7 Å². The summed E-state index contributed by atoms with van der Waals surface area (Å²) in [6.07, 6.45) is 0. The van der Waals surface area contributed by atoms with Gasteiger partial charge in [-0.25, -0.2) is 0 Å². The summed E-state index contributed by atoms with van der Waals surface area (Å²) in [5, 5.41) is 10.5. The number of anilines is 1. The van der Waals surface area contributed by atoms with Crippen LogP contribution in [0.2, 0.25) is 5.02 Å². The van der Waals surface area contributed by atoms with Crippen LogP contribution in [0.15, 0.2) is 42.5 Å². The molecule has 0 aromatic heterocycles. The number of hydrogen-bond donors (Lipinski definition) is 2. The molecule has 0 bridgehead atoms. The molecule has 0 fully saturated rings. The second-order valence-corrected chi connectivity index (χ2v) is 4.97. The lowest BCUT2D eigenvalue weighted by Gasteiger charge is -2.18. The van der Waals surface area contributed by atoms with Crippen LogP contribution in [0.5, 0.6) is 5.75 Å². The van der Waals surface area contributed by atoms with E-state index in [1.54, 1.807) is 37.4 Å². The lowest BCUT2D eigenvalue weighted by molar-refractivity contribution is 0.0782. The number of phenols is 1. The van der Waals surface area contributed by atoms with Gasteiger partial charge in [0.2, 0.25) is 0 Å². The fourth-order valence-corrected chi connectivity index (χ4v) is 2.13. The summed E-state index contributed by atoms with van der Waals surface area (Å²) in [6.45, 7) is 0.396. The lowest BCUT2D eigenvalue weighted by atomic mass is 10.1. The highest BCUT2D eigenvalue weighted by Gasteiger charge is 2.17. The smallest absolute Gasteiger partial charge is 0.257 e. The molecule has 0 saturated heterocycles. The molecular formula is C15H15ClN2O2. The number of halogens is 1. The van der Waals surface area contributed by atoms with Crippen molar-refractivity contribution in [2.45, 2.75) is 6.54 Å². The second-order valence-electron chi connectivity index (χ2n) is 4.53. The number of amides is 1. The zero-order valence-electron chi connectivity index (χ0n) is 11.0. The average molecular weight is 291 g/mol. The van der Waals surface area contributed by atoms with Crippen molar-refractivity contribution in [3.8, 4) is 5.75 Å². The normalized spacial score (nSPS) is 10.3. The van der Waals surface area contributed by atoms with Crippen LogP contribution in [0.1, 0.15) is 15.9 Å². The minimum absolute atomic E-state index is 0.185. The minimum Gasteiger partial charge on any atom is -0.505 e. The average Bonchev–Trinajstić information content (AvgIpc) is 2.41. The number of para-hydroxylation sites is 1. The Kier molecular flexibility index (Phi) is 4.15. The van der Waals surface area contributed by atoms with Crippen molar-refractivity contribution < 1.29 is 9.90 Å². The number of aromatic hydroxyl groups is 1. The zero-order valence-corrected chi connectivity index (χ0v) is 11.8. The van der Waals surface area contributed by atoms with E-state index in [9.17, 15) is 9.90 Å². The summed E-state index contributed by atoms with van der Waals surface area (Å²) < 4.78 is 0. The molecule has 2 aromatic carbocycles. The number of nitrogens with zero attached hydrogens (tertiary/aromatic N) is 1. The first kappa shape index (κ1) is 14.2. The van der Waals surface area contributed by atoms with E-state index in [-0.39, 0.29) is 22.9 Å². The molecule has 5 heteroatoms. The Hall–Kier alpha value is -2.20. The molecule has 104 valence electrons. The Balaban J connectivity index is 2.19. The molecule has 4 nitrogen and oxygen atoms in total. The SMILES string of the molecule is CN(Cc1cccc(Cl)c1)C(=O)c1cccc(N)c1O. The Bertz CT molecular complexity index is 644. The monoisotopic (exact) mass is 290 g/mol. The van der Waals surface area contributed by atoms with Gasteiger partial charge in [-0.3, -0.25) is 4.79 Å². The van der Waals surface area contributed by atoms with Crippen molar-refractivity contribution in [3.63, 3.8) is 0 Å². The number of nitrogens with two attached hydrogens (primary N) is 1. The van der Waals surface area contributed by atoms with Crippen molar-refractivity contribution in [2.24, 2.45) is 0 Å². The lowest BCUT2D eigenvalue weighted by Crippen LogP contribution is -2.26. The molecule has 3 N–H and O–H groups in total. The van der Waals surface area contributed by atoms with Gasteiger partial charge in [-0.15, -0.1) is 0 Å². The third-order valence-electron chi connectivity index (χ3n) is 2.95. The molecule has 0 radical (unpaired) electrons. The van der Waals surface area contributed by atoms with Crippen molar-refractivity contribution in [3.05, 3.63) is 58.6 Å². The van der Waals surface area contributed by atoms with E-state index in [1.807, 2.05) is 12.1 Å². The van der Waals surface area contributed by atoms with Crippen molar-refractivity contribution >= 4 is 23.2 Å². The molecule has 0 heterocycles. The Morgan fingerprint density at radius 1 is 1.30 bits per heavy atom. The van der Waals surface area contributed by atoms with E-state index in [2.05, 4.69) is 0 Å². The summed E-state index contributed by atoms with van der Waals surface area (Å²) in [7, 11) is 1.66. The number of nitrogen functional groups attached to an aromatic ring is 1. The quantitative estimate of drug-likeness (QED) is 0.675. The minimum atomic E-state index is -0.297. The molecule has 0 saturated carbocycles. The van der Waals surface area contributed by atoms with Gasteiger partial charge in [-0.05, 0) is 29.8 Å². The molecule has 0 spiro atoms. The molecule has 0 atom stereocenters. The fraction of sp³-hybridized carbons (Fsp3) is 0.133. The maximum absolute atomic E-state index is 12.3. The zero-order chi connectivity index (χ0) is 14.7. The van der Waals surface area contributed by atoms with Crippen molar-refractivity contribution in [2.75, 3.05) is 12.8 Å². The van der Waals surface area contributed by atoms with Gasteiger partial charge in [0.25, 0.3) is 5.91 Å². The van der Waals surface area contributed by atoms with E-state index in [1.165, 1.54) is 4.90 Å². The molecule has 0 aliphatic heterocycles. The molecular weight excluding hydrogens is 276 g/mol. The fourth-order valence-electron chi connectivity index (χ4n) is 1.92. The van der Waals surface area contributed by atoms with E-state index in [0.29, 0.717) is 11.6 Å². The highest BCUT2D eigenvalue weighted by Crippen LogP contribution is 2.25. The van der Waals surface area contributed by atoms with E-state index in [4.69, 9.17) is 17.3 Å². The van der Waals surface area contributed by atoms with Crippen LogP contribution in [0.25, 0.3) is 0 Å². The number of carbonyl (C=O) groups excluding carboxylic acids is 1. The molecule has 0 aliphatic rings. The largest absolute Gasteiger partial charge is 0.505 e. The first-order chi connectivity index (χ1) is 9.49. The topological polar surface area (TPSA) is 66.6 Å². The Morgan fingerprint density at radius 2 is 2.00 bits per heavy atom. The van der Waals surface area contributed by atoms with Crippen LogP contribution < -0.4 is 5.73 Å². The van der Waals surface area contributed by atoms with Crippen LogP contribution >= 0.6 is 11.6 Å². The van der Waals surface area contributed by atoms with Gasteiger partial charge in [-0.1, -0.05) is 29.8 Å². The predicted octanol–water partition coefficient (Wildman–Crippen LogP) is 2.90. The first-order valence-electron chi connectivity index (χ1n) is 6.06. The summed E-state index contributed by atoms with van der Waals surface area (Å²) in [5.74, 6) is -0.481. The van der Waals surface area contributed by atoms with Crippen LogP contribution in [-0.2, 0) is 6.54 Å². The van der Waals surface area contributed by atoms with Crippen LogP contribution in [0, 0.1) is 0 Å². The standard InChI is InChI=1S/C15H15ClN2O2/c1-18(9-10-4-2-5-11(16)8-10)15(20)12-6-3-7-13(17)14(12)19/h2-8,19H,9,17H2,1H3. The van der Waals surface area contributed by atoms with Crippen LogP contribution in [0.3, 0.4) is 0 Å². The number of carbonyl (C=O) groups is 1. The number of rotatable bonds is 3. The van der Waals surface area contributed by atoms with Gasteiger partial charge >= 0.3 is 0 Å². The number of phenolic OH excluding ortho intramolecular Hbond substituents is 1. The van der Waals surface area contributed by atoms with Crippen molar-refractivity contribution in [1.29, 1.82) is 0 Å². The third kappa shape index (κ3) is 3.03. The molecule has 2 aromatic rings. The van der Waals surface area contributed by atoms with Gasteiger partial charge in [0.05, 0.1) is 11.3 Å². The van der Waals surface area contributed by atoms with Gasteiger partial charge in [0.15, 0.2) is 5.75 Å². The van der Waals surface area contributed by atoms with Gasteiger partial charge in [-0.2, -0.15) is 0 Å². The molecule has 0 unspecified atom stereocenters. The maximum atomic E-state index is 12.3. The van der Waals surface area contributed by atoms with Gasteiger partial charge in [0, 0.05) is 18.6 Å². The van der Waals surface area contributed by atoms with E-state index >= 15 is 0 Å². The van der Waals surface area contributed by atoms with Crippen molar-refractivity contribution in [1.82, 2.24) is 4.90 Å². The van der Waals surface area contributed by atoms with Crippen LogP contribution in [-0.4, -0.2) is 23.0 Å². The highest BCUT2D eigenvalue weighted by molar-refractivity contribution is 6.30. The molecule has 2 rings (SSSR count). The molecule has 20 heavy (non-hydrogen) atoms. The summed E-state index contributed by atoms with van der Waals surface area (Å²) >= 11 is 5.91. The summed E-state index contributed by atoms with van der Waals surface area (Å²) in [4.78, 5) is 13.8. The third-order valence-corrected chi connectivity index (χ3v) is 3.19. The Morgan fingerprint density at radius 3 is 2.70 bits per heavy atom. The Labute approximate surface area is 122 Å². The molecule has 0 aliphatic carbocycles. The van der Waals surface area contributed by atoms with Crippen LogP contribution in [0.4, 0.5) is 5.69 Å². The number of benzene rings is 2.